The third-order valence-corrected chi connectivity index (χ3v) is 5.76. The van der Waals surface area contributed by atoms with E-state index < -0.39 is 0 Å². The molecule has 1 fully saturated rings. The fourth-order valence-electron chi connectivity index (χ4n) is 4.09. The Kier molecular flexibility index (Phi) is 5.88. The van der Waals surface area contributed by atoms with Gasteiger partial charge in [0.05, 0.1) is 6.54 Å². The molecule has 164 valence electrons. The molecule has 0 saturated carbocycles. The summed E-state index contributed by atoms with van der Waals surface area (Å²) in [5.41, 5.74) is 1.89. The number of hydrogen-bond donors (Lipinski definition) is 2. The Morgan fingerprint density at radius 1 is 1.13 bits per heavy atom. The summed E-state index contributed by atoms with van der Waals surface area (Å²) in [6, 6.07) is 4.68. The summed E-state index contributed by atoms with van der Waals surface area (Å²) in [5, 5.41) is 13.2. The van der Waals surface area contributed by atoms with Gasteiger partial charge < -0.3 is 20.3 Å². The van der Waals surface area contributed by atoms with Crippen molar-refractivity contribution in [1.82, 2.24) is 25.8 Å². The smallest absolute Gasteiger partial charge is 0.278 e. The highest BCUT2D eigenvalue weighted by molar-refractivity contribution is 5.95. The van der Waals surface area contributed by atoms with E-state index in [0.29, 0.717) is 36.4 Å². The molecule has 1 aromatic carbocycles. The van der Waals surface area contributed by atoms with Crippen LogP contribution in [0.15, 0.2) is 22.8 Å². The van der Waals surface area contributed by atoms with E-state index in [1.54, 1.807) is 24.0 Å². The standard InChI is InChI=1S/C21H25N5O5/c1-12-3-4-14-9-17(12)30-8-7-22-18(27)10-15-5-6-16(11-23-20(14)28)26(15)21(29)19-13(2)24-31-25-19/h3-4,9,15-16H,5-8,10-11H2,1-2H3,(H,22,27)(H,23,28)/t15-,16+/m0/s1. The fourth-order valence-corrected chi connectivity index (χ4v) is 4.09. The monoisotopic (exact) mass is 427 g/mol. The lowest BCUT2D eigenvalue weighted by atomic mass is 10.1. The molecule has 1 saturated heterocycles. The summed E-state index contributed by atoms with van der Waals surface area (Å²) >= 11 is 0. The zero-order valence-corrected chi connectivity index (χ0v) is 17.5. The number of nitrogens with zero attached hydrogens (tertiary/aromatic N) is 3. The Labute approximate surface area is 179 Å². The molecule has 0 aliphatic carbocycles. The van der Waals surface area contributed by atoms with Gasteiger partial charge in [0.25, 0.3) is 11.8 Å². The first-order chi connectivity index (χ1) is 14.9. The van der Waals surface area contributed by atoms with Crippen molar-refractivity contribution in [3.63, 3.8) is 0 Å². The van der Waals surface area contributed by atoms with E-state index in [9.17, 15) is 14.4 Å². The number of carbonyl (C=O) groups excluding carboxylic acids is 3. The Morgan fingerprint density at radius 2 is 1.94 bits per heavy atom. The van der Waals surface area contributed by atoms with E-state index >= 15 is 0 Å². The first-order valence-electron chi connectivity index (χ1n) is 10.3. The molecule has 0 unspecified atom stereocenters. The van der Waals surface area contributed by atoms with Crippen LogP contribution in [-0.2, 0) is 4.79 Å². The van der Waals surface area contributed by atoms with Crippen LogP contribution >= 0.6 is 0 Å². The number of carbonyl (C=O) groups is 3. The van der Waals surface area contributed by atoms with Crippen LogP contribution in [0.2, 0.25) is 0 Å². The van der Waals surface area contributed by atoms with Gasteiger partial charge in [0, 0.05) is 30.6 Å². The first kappa shape index (κ1) is 20.8. The molecule has 2 N–H and O–H groups in total. The number of hydrogen-bond acceptors (Lipinski definition) is 7. The number of fused-ring (bicyclic) bond motifs is 4. The van der Waals surface area contributed by atoms with Gasteiger partial charge in [0.1, 0.15) is 18.1 Å². The van der Waals surface area contributed by atoms with Gasteiger partial charge in [-0.25, -0.2) is 4.63 Å². The third kappa shape index (κ3) is 4.37. The summed E-state index contributed by atoms with van der Waals surface area (Å²) in [4.78, 5) is 40.1. The van der Waals surface area contributed by atoms with Crippen molar-refractivity contribution in [1.29, 1.82) is 0 Å². The largest absolute Gasteiger partial charge is 0.491 e. The lowest BCUT2D eigenvalue weighted by molar-refractivity contribution is -0.122. The summed E-state index contributed by atoms with van der Waals surface area (Å²) in [6.07, 6.45) is 1.47. The third-order valence-electron chi connectivity index (χ3n) is 5.76. The molecule has 2 atom stereocenters. The van der Waals surface area contributed by atoms with Crippen molar-refractivity contribution < 1.29 is 23.7 Å². The Morgan fingerprint density at radius 3 is 2.71 bits per heavy atom. The van der Waals surface area contributed by atoms with Gasteiger partial charge in [-0.1, -0.05) is 11.2 Å². The molecule has 3 amide bonds. The molecule has 10 heteroatoms. The van der Waals surface area contributed by atoms with E-state index in [1.165, 1.54) is 0 Å². The minimum absolute atomic E-state index is 0.123. The Hall–Kier alpha value is -3.43. The Balaban J connectivity index is 1.61. The molecule has 3 heterocycles. The highest BCUT2D eigenvalue weighted by Gasteiger charge is 2.40. The average molecular weight is 427 g/mol. The predicted molar refractivity (Wildman–Crippen MR) is 109 cm³/mol. The topological polar surface area (TPSA) is 127 Å². The van der Waals surface area contributed by atoms with Gasteiger partial charge in [-0.2, -0.15) is 0 Å². The zero-order valence-electron chi connectivity index (χ0n) is 17.5. The number of benzene rings is 1. The average Bonchev–Trinajstić information content (AvgIpc) is 3.35. The van der Waals surface area contributed by atoms with Crippen LogP contribution in [0, 0.1) is 13.8 Å². The van der Waals surface area contributed by atoms with Crippen LogP contribution < -0.4 is 15.4 Å². The number of amides is 3. The van der Waals surface area contributed by atoms with E-state index in [0.717, 1.165) is 5.56 Å². The summed E-state index contributed by atoms with van der Waals surface area (Å²) in [7, 11) is 0. The molecule has 2 aliphatic rings. The van der Waals surface area contributed by atoms with Crippen LogP contribution in [0.5, 0.6) is 5.75 Å². The second kappa shape index (κ2) is 8.75. The molecule has 0 spiro atoms. The number of ether oxygens (including phenoxy) is 1. The van der Waals surface area contributed by atoms with Crippen LogP contribution in [0.3, 0.4) is 0 Å². The highest BCUT2D eigenvalue weighted by Crippen LogP contribution is 2.29. The fraction of sp³-hybridized carbons (Fsp3) is 0.476. The number of aromatic nitrogens is 2. The van der Waals surface area contributed by atoms with Gasteiger partial charge in [-0.05, 0) is 49.5 Å². The van der Waals surface area contributed by atoms with Crippen molar-refractivity contribution in [2.24, 2.45) is 0 Å². The normalized spacial score (nSPS) is 22.1. The van der Waals surface area contributed by atoms with Gasteiger partial charge in [0.2, 0.25) is 5.91 Å². The van der Waals surface area contributed by atoms with Crippen molar-refractivity contribution in [3.05, 3.63) is 40.7 Å². The molecule has 1 aromatic heterocycles. The molecule has 4 bridgehead atoms. The molecule has 31 heavy (non-hydrogen) atoms. The van der Waals surface area contributed by atoms with Gasteiger partial charge in [-0.3, -0.25) is 14.4 Å². The molecule has 2 aliphatic heterocycles. The molecule has 4 rings (SSSR count). The first-order valence-corrected chi connectivity index (χ1v) is 10.3. The van der Waals surface area contributed by atoms with Crippen molar-refractivity contribution in [3.8, 4) is 5.75 Å². The van der Waals surface area contributed by atoms with Crippen LogP contribution in [0.4, 0.5) is 0 Å². The maximum absolute atomic E-state index is 13.2. The lowest BCUT2D eigenvalue weighted by Crippen LogP contribution is -2.48. The Bertz CT molecular complexity index is 1000. The quantitative estimate of drug-likeness (QED) is 0.695. The van der Waals surface area contributed by atoms with E-state index in [1.807, 2.05) is 13.0 Å². The van der Waals surface area contributed by atoms with Crippen LogP contribution in [0.25, 0.3) is 0 Å². The molecule has 0 radical (unpaired) electrons. The van der Waals surface area contributed by atoms with Crippen molar-refractivity contribution in [2.75, 3.05) is 19.7 Å². The van der Waals surface area contributed by atoms with Gasteiger partial charge in [0.15, 0.2) is 5.69 Å². The summed E-state index contributed by atoms with van der Waals surface area (Å²) in [5.74, 6) is -0.154. The van der Waals surface area contributed by atoms with Crippen molar-refractivity contribution in [2.45, 2.75) is 45.2 Å². The number of aryl methyl sites for hydroxylation is 2. The SMILES string of the molecule is Cc1ccc2cc1OCCNC(=O)C[C@@H]1CC[C@H](CNC2=O)N1C(=O)c1nonc1C. The molecule has 2 aromatic rings. The van der Waals surface area contributed by atoms with E-state index in [2.05, 4.69) is 20.9 Å². The number of nitrogens with one attached hydrogen (secondary N) is 2. The number of rotatable bonds is 1. The second-order valence-corrected chi connectivity index (χ2v) is 7.89. The maximum Gasteiger partial charge on any atom is 0.278 e. The molecular formula is C21H25N5O5. The minimum Gasteiger partial charge on any atom is -0.491 e. The second-order valence-electron chi connectivity index (χ2n) is 7.89. The van der Waals surface area contributed by atoms with Crippen molar-refractivity contribution >= 4 is 17.7 Å². The van der Waals surface area contributed by atoms with Crippen LogP contribution in [-0.4, -0.2) is 64.7 Å². The van der Waals surface area contributed by atoms with Crippen LogP contribution in [0.1, 0.15) is 51.4 Å². The lowest BCUT2D eigenvalue weighted by Gasteiger charge is -2.29. The zero-order chi connectivity index (χ0) is 22.0. The molecular weight excluding hydrogens is 402 g/mol. The maximum atomic E-state index is 13.2. The summed E-state index contributed by atoms with van der Waals surface area (Å²) < 4.78 is 10.4. The summed E-state index contributed by atoms with van der Waals surface area (Å²) in [6.45, 7) is 4.40. The minimum atomic E-state index is -0.349. The highest BCUT2D eigenvalue weighted by atomic mass is 16.6. The predicted octanol–water partition coefficient (Wildman–Crippen LogP) is 0.988. The van der Waals surface area contributed by atoms with Gasteiger partial charge in [-0.15, -0.1) is 0 Å². The van der Waals surface area contributed by atoms with Gasteiger partial charge >= 0.3 is 0 Å². The van der Waals surface area contributed by atoms with E-state index in [-0.39, 0.29) is 55.1 Å². The van der Waals surface area contributed by atoms with E-state index in [4.69, 9.17) is 9.37 Å². The molecule has 10 nitrogen and oxygen atoms in total.